The Morgan fingerprint density at radius 2 is 2.08 bits per heavy atom. The predicted molar refractivity (Wildman–Crippen MR) is 135 cm³/mol. The number of rotatable bonds is 10. The van der Waals surface area contributed by atoms with Crippen LogP contribution in [-0.4, -0.2) is 69.1 Å². The van der Waals surface area contributed by atoms with Crippen molar-refractivity contribution in [2.24, 2.45) is 0 Å². The van der Waals surface area contributed by atoms with Crippen LogP contribution in [0.2, 0.25) is 5.02 Å². The molecule has 2 unspecified atom stereocenters. The molecule has 2 atom stereocenters. The fourth-order valence-electron chi connectivity index (χ4n) is 3.48. The van der Waals surface area contributed by atoms with E-state index >= 15 is 0 Å². The van der Waals surface area contributed by atoms with Crippen molar-refractivity contribution in [3.05, 3.63) is 62.0 Å². The number of benzene rings is 1. The van der Waals surface area contributed by atoms with Crippen LogP contribution in [0.25, 0.3) is 10.2 Å². The Morgan fingerprint density at radius 3 is 2.81 bits per heavy atom. The first-order chi connectivity index (χ1) is 17.2. The summed E-state index contributed by atoms with van der Waals surface area (Å²) in [6.07, 6.45) is 0.411. The normalized spacial score (nSPS) is 18.4. The molecule has 1 aromatic carbocycles. The Labute approximate surface area is 216 Å². The number of fused-ring (bicyclic) bond motifs is 1. The van der Waals surface area contributed by atoms with Crippen molar-refractivity contribution < 1.29 is 27.4 Å². The molecule has 3 aromatic rings. The van der Waals surface area contributed by atoms with Gasteiger partial charge < -0.3 is 24.5 Å². The highest BCUT2D eigenvalue weighted by Gasteiger charge is 2.23. The van der Waals surface area contributed by atoms with Gasteiger partial charge >= 0.3 is 0 Å². The number of ether oxygens (including phenoxy) is 3. The van der Waals surface area contributed by atoms with E-state index in [1.807, 2.05) is 6.07 Å². The highest BCUT2D eigenvalue weighted by molar-refractivity contribution is 7.88. The topological polar surface area (TPSA) is 149 Å². The van der Waals surface area contributed by atoms with Gasteiger partial charge in [0.15, 0.2) is 0 Å². The van der Waals surface area contributed by atoms with Crippen molar-refractivity contribution in [2.75, 3.05) is 32.6 Å². The summed E-state index contributed by atoms with van der Waals surface area (Å²) in [6.45, 7) is 1.28. The summed E-state index contributed by atoms with van der Waals surface area (Å²) >= 11 is 7.21. The lowest BCUT2D eigenvalue weighted by Gasteiger charge is -2.29. The molecule has 0 radical (unpaired) electrons. The summed E-state index contributed by atoms with van der Waals surface area (Å²) in [6, 6.07) is 7.10. The van der Waals surface area contributed by atoms with Gasteiger partial charge in [0.05, 0.1) is 44.2 Å². The van der Waals surface area contributed by atoms with Gasteiger partial charge in [0, 0.05) is 23.7 Å². The third-order valence-corrected chi connectivity index (χ3v) is 7.09. The van der Waals surface area contributed by atoms with Crippen LogP contribution in [0.5, 0.6) is 0 Å². The van der Waals surface area contributed by atoms with Crippen molar-refractivity contribution in [3.8, 4) is 0 Å². The van der Waals surface area contributed by atoms with E-state index in [1.54, 1.807) is 23.6 Å². The second-order valence-electron chi connectivity index (χ2n) is 8.21. The molecule has 1 amide bonds. The van der Waals surface area contributed by atoms with Crippen LogP contribution in [0.4, 0.5) is 0 Å². The number of nitrogens with one attached hydrogen (secondary N) is 3. The summed E-state index contributed by atoms with van der Waals surface area (Å²) < 4.78 is 41.7. The number of thiophene rings is 1. The van der Waals surface area contributed by atoms with Gasteiger partial charge in [-0.15, -0.1) is 11.3 Å². The third kappa shape index (κ3) is 7.32. The first-order valence-electron chi connectivity index (χ1n) is 11.0. The quantitative estimate of drug-likeness (QED) is 0.339. The number of amides is 1. The van der Waals surface area contributed by atoms with Crippen LogP contribution in [0.1, 0.15) is 21.7 Å². The Bertz CT molecular complexity index is 1380. The molecule has 11 nitrogen and oxygen atoms in total. The standard InChI is InChI=1S/C22H25ClN4O7S2/c1-36(30,31)25-7-16-10-34-17(11-33-16)9-32-8-14-12-35-22-18(14)20(28)26-19(27-22)21(29)24-6-13-3-2-4-15(23)5-13/h2-5,12,16-17,25H,6-11H2,1H3,(H,24,29)(H,26,27,28). The maximum Gasteiger partial charge on any atom is 0.287 e. The molecule has 2 aromatic heterocycles. The van der Waals surface area contributed by atoms with Crippen LogP contribution < -0.4 is 15.6 Å². The first kappa shape index (κ1) is 26.7. The molecule has 3 heterocycles. The lowest BCUT2D eigenvalue weighted by molar-refractivity contribution is -0.150. The van der Waals surface area contributed by atoms with Crippen molar-refractivity contribution in [1.29, 1.82) is 0 Å². The van der Waals surface area contributed by atoms with Crippen LogP contribution >= 0.6 is 22.9 Å². The fourth-order valence-corrected chi connectivity index (χ4v) is 5.10. The number of hydrogen-bond acceptors (Lipinski definition) is 9. The maximum atomic E-state index is 12.7. The van der Waals surface area contributed by atoms with Gasteiger partial charge in [-0.05, 0) is 23.1 Å². The number of halogens is 1. The van der Waals surface area contributed by atoms with E-state index in [0.29, 0.717) is 20.8 Å². The molecule has 1 aliphatic rings. The second-order valence-corrected chi connectivity index (χ2v) is 11.3. The van der Waals surface area contributed by atoms with E-state index < -0.39 is 21.5 Å². The number of aromatic nitrogens is 2. The van der Waals surface area contributed by atoms with Gasteiger partial charge in [-0.1, -0.05) is 23.7 Å². The van der Waals surface area contributed by atoms with Gasteiger partial charge in [0.1, 0.15) is 10.9 Å². The van der Waals surface area contributed by atoms with Crippen molar-refractivity contribution in [3.63, 3.8) is 0 Å². The summed E-state index contributed by atoms with van der Waals surface area (Å²) in [4.78, 5) is 32.5. The van der Waals surface area contributed by atoms with Crippen LogP contribution in [-0.2, 0) is 37.4 Å². The lowest BCUT2D eigenvalue weighted by Crippen LogP contribution is -2.44. The summed E-state index contributed by atoms with van der Waals surface area (Å²) in [5.41, 5.74) is 1.05. The van der Waals surface area contributed by atoms with Crippen molar-refractivity contribution >= 4 is 49.1 Å². The van der Waals surface area contributed by atoms with Gasteiger partial charge in [-0.2, -0.15) is 0 Å². The lowest BCUT2D eigenvalue weighted by atomic mass is 10.2. The molecule has 3 N–H and O–H groups in total. The zero-order chi connectivity index (χ0) is 25.7. The minimum Gasteiger partial charge on any atom is -0.374 e. The first-order valence-corrected chi connectivity index (χ1v) is 14.1. The number of carbonyl (C=O) groups is 1. The van der Waals surface area contributed by atoms with Crippen LogP contribution in [0.15, 0.2) is 34.4 Å². The monoisotopic (exact) mass is 556 g/mol. The van der Waals surface area contributed by atoms with E-state index in [0.717, 1.165) is 11.8 Å². The molecule has 0 spiro atoms. The second kappa shape index (κ2) is 11.8. The highest BCUT2D eigenvalue weighted by Crippen LogP contribution is 2.22. The molecule has 4 rings (SSSR count). The smallest absolute Gasteiger partial charge is 0.287 e. The molecule has 0 bridgehead atoms. The molecular formula is C22H25ClN4O7S2. The summed E-state index contributed by atoms with van der Waals surface area (Å²) in [7, 11) is -3.29. The molecule has 194 valence electrons. The van der Waals surface area contributed by atoms with Gasteiger partial charge in [0.25, 0.3) is 11.5 Å². The zero-order valence-corrected chi connectivity index (χ0v) is 21.7. The average Bonchev–Trinajstić information content (AvgIpc) is 3.25. The molecule has 1 aliphatic heterocycles. The fraction of sp³-hybridized carbons (Fsp3) is 0.409. The van der Waals surface area contributed by atoms with Crippen LogP contribution in [0.3, 0.4) is 0 Å². The van der Waals surface area contributed by atoms with Crippen molar-refractivity contribution in [2.45, 2.75) is 25.4 Å². The van der Waals surface area contributed by atoms with E-state index in [4.69, 9.17) is 25.8 Å². The maximum absolute atomic E-state index is 12.7. The Kier molecular flexibility index (Phi) is 8.72. The Hall–Kier alpha value is -2.39. The van der Waals surface area contributed by atoms with E-state index in [2.05, 4.69) is 20.0 Å². The van der Waals surface area contributed by atoms with Crippen molar-refractivity contribution in [1.82, 2.24) is 20.0 Å². The number of nitrogens with zero attached hydrogens (tertiary/aromatic N) is 1. The SMILES string of the molecule is CS(=O)(=O)NCC1COC(COCc2csc3nc(C(=O)NCc4cccc(Cl)c4)[nH]c(=O)c23)CO1. The minimum absolute atomic E-state index is 0.0727. The highest BCUT2D eigenvalue weighted by atomic mass is 35.5. The number of hydrogen-bond donors (Lipinski definition) is 3. The van der Waals surface area contributed by atoms with E-state index in [9.17, 15) is 18.0 Å². The number of sulfonamides is 1. The van der Waals surface area contributed by atoms with Gasteiger partial charge in [-0.25, -0.2) is 18.1 Å². The molecule has 14 heteroatoms. The van der Waals surface area contributed by atoms with Gasteiger partial charge in [-0.3, -0.25) is 9.59 Å². The summed E-state index contributed by atoms with van der Waals surface area (Å²) in [5.74, 6) is -0.573. The largest absolute Gasteiger partial charge is 0.374 e. The van der Waals surface area contributed by atoms with Crippen LogP contribution in [0, 0.1) is 0 Å². The molecular weight excluding hydrogens is 532 g/mol. The zero-order valence-electron chi connectivity index (χ0n) is 19.3. The summed E-state index contributed by atoms with van der Waals surface area (Å²) in [5, 5.41) is 5.43. The Morgan fingerprint density at radius 1 is 1.31 bits per heavy atom. The average molecular weight is 557 g/mol. The number of aromatic amines is 1. The molecule has 36 heavy (non-hydrogen) atoms. The predicted octanol–water partition coefficient (Wildman–Crippen LogP) is 1.42. The minimum atomic E-state index is -3.29. The third-order valence-electron chi connectivity index (χ3n) is 5.25. The number of carbonyl (C=O) groups excluding carboxylic acids is 1. The van der Waals surface area contributed by atoms with E-state index in [-0.39, 0.29) is 57.5 Å². The van der Waals surface area contributed by atoms with E-state index in [1.165, 1.54) is 11.3 Å². The van der Waals surface area contributed by atoms with Gasteiger partial charge in [0.2, 0.25) is 15.8 Å². The Balaban J connectivity index is 1.29. The molecule has 0 aliphatic carbocycles. The molecule has 0 saturated carbocycles. The molecule has 1 fully saturated rings. The molecule has 1 saturated heterocycles. The number of H-pyrrole nitrogens is 1.